The van der Waals surface area contributed by atoms with E-state index >= 15 is 0 Å². The van der Waals surface area contributed by atoms with E-state index in [1.54, 1.807) is 37.7 Å². The monoisotopic (exact) mass is 421 g/mol. The van der Waals surface area contributed by atoms with Crippen LogP contribution in [-0.2, 0) is 0 Å². The first-order chi connectivity index (χ1) is 15.1. The van der Waals surface area contributed by atoms with Gasteiger partial charge >= 0.3 is 0 Å². The number of rotatable bonds is 6. The summed E-state index contributed by atoms with van der Waals surface area (Å²) in [5.74, 6) is 0.948. The molecule has 0 spiro atoms. The van der Waals surface area contributed by atoms with Crippen molar-refractivity contribution in [1.29, 1.82) is 0 Å². The van der Waals surface area contributed by atoms with Crippen molar-refractivity contribution >= 4 is 16.8 Å². The van der Waals surface area contributed by atoms with Crippen LogP contribution in [0, 0.1) is 11.7 Å². The SMILES string of the molecule is CC[C@H](NC(=O)c1ccc(OC)nc1)[C@H]1CC[C@H](c2ccnc3c(F)cccc32)CC1. The normalized spacial score (nSPS) is 19.7. The van der Waals surface area contributed by atoms with Crippen LogP contribution in [0.3, 0.4) is 0 Å². The number of ether oxygens (including phenoxy) is 1. The highest BCUT2D eigenvalue weighted by Gasteiger charge is 2.29. The first-order valence-electron chi connectivity index (χ1n) is 10.9. The number of nitrogens with zero attached hydrogens (tertiary/aromatic N) is 2. The summed E-state index contributed by atoms with van der Waals surface area (Å²) in [5, 5.41) is 4.12. The molecule has 1 aliphatic carbocycles. The second-order valence-electron chi connectivity index (χ2n) is 8.23. The summed E-state index contributed by atoms with van der Waals surface area (Å²) < 4.78 is 19.2. The van der Waals surface area contributed by atoms with Crippen molar-refractivity contribution in [2.75, 3.05) is 7.11 Å². The standard InChI is InChI=1S/C25H28FN3O2/c1-3-22(29-25(30)18-11-12-23(31-2)28-15-18)17-9-7-16(8-10-17)19-13-14-27-24-20(19)5-4-6-21(24)26/h4-6,11-17,22H,3,7-10H2,1-2H3,(H,29,30)/t16-,17-,22-/m0/s1. The zero-order valence-corrected chi connectivity index (χ0v) is 18.0. The number of amides is 1. The molecule has 1 fully saturated rings. The maximum atomic E-state index is 14.1. The second kappa shape index (κ2) is 9.41. The van der Waals surface area contributed by atoms with Gasteiger partial charge in [0, 0.05) is 29.9 Å². The number of hydrogen-bond donors (Lipinski definition) is 1. The van der Waals surface area contributed by atoms with Gasteiger partial charge in [-0.25, -0.2) is 9.37 Å². The number of pyridine rings is 2. The molecule has 1 amide bonds. The number of carbonyl (C=O) groups excluding carboxylic acids is 1. The molecule has 1 aromatic carbocycles. The van der Waals surface area contributed by atoms with Crippen LogP contribution in [0.15, 0.2) is 48.8 Å². The molecule has 6 heteroatoms. The Morgan fingerprint density at radius 1 is 1.16 bits per heavy atom. The van der Waals surface area contributed by atoms with Crippen molar-refractivity contribution in [3.05, 3.63) is 65.7 Å². The summed E-state index contributed by atoms with van der Waals surface area (Å²) in [6.45, 7) is 2.11. The summed E-state index contributed by atoms with van der Waals surface area (Å²) >= 11 is 0. The maximum absolute atomic E-state index is 14.1. The summed E-state index contributed by atoms with van der Waals surface area (Å²) in [5.41, 5.74) is 2.18. The lowest BCUT2D eigenvalue weighted by atomic mass is 9.75. The van der Waals surface area contributed by atoms with Crippen LogP contribution in [0.25, 0.3) is 10.9 Å². The van der Waals surface area contributed by atoms with E-state index in [4.69, 9.17) is 4.74 Å². The number of benzene rings is 1. The van der Waals surface area contributed by atoms with E-state index in [2.05, 4.69) is 22.2 Å². The predicted octanol–water partition coefficient (Wildman–Crippen LogP) is 5.26. The van der Waals surface area contributed by atoms with E-state index < -0.39 is 0 Å². The number of carbonyl (C=O) groups is 1. The molecule has 2 heterocycles. The van der Waals surface area contributed by atoms with E-state index in [0.29, 0.717) is 28.8 Å². The Labute approximate surface area is 182 Å². The van der Waals surface area contributed by atoms with Crippen LogP contribution < -0.4 is 10.1 Å². The van der Waals surface area contributed by atoms with E-state index in [1.165, 1.54) is 11.6 Å². The molecule has 0 unspecified atom stereocenters. The summed E-state index contributed by atoms with van der Waals surface area (Å²) in [6, 6.07) is 10.8. The zero-order valence-electron chi connectivity index (χ0n) is 18.0. The molecule has 3 aromatic rings. The van der Waals surface area contributed by atoms with Gasteiger partial charge in [-0.15, -0.1) is 0 Å². The summed E-state index contributed by atoms with van der Waals surface area (Å²) in [4.78, 5) is 21.0. The lowest BCUT2D eigenvalue weighted by Gasteiger charge is -2.34. The molecule has 1 atom stereocenters. The van der Waals surface area contributed by atoms with E-state index in [1.807, 2.05) is 12.1 Å². The molecule has 5 nitrogen and oxygen atoms in total. The van der Waals surface area contributed by atoms with Gasteiger partial charge in [-0.3, -0.25) is 9.78 Å². The first kappa shape index (κ1) is 21.2. The predicted molar refractivity (Wildman–Crippen MR) is 119 cm³/mol. The molecule has 1 aliphatic rings. The molecule has 162 valence electrons. The third-order valence-corrected chi connectivity index (χ3v) is 6.50. The van der Waals surface area contributed by atoms with Gasteiger partial charge in [0.2, 0.25) is 5.88 Å². The molecule has 0 radical (unpaired) electrons. The molecule has 0 saturated heterocycles. The van der Waals surface area contributed by atoms with Crippen LogP contribution in [0.1, 0.15) is 60.9 Å². The quantitative estimate of drug-likeness (QED) is 0.590. The van der Waals surface area contributed by atoms with Crippen molar-refractivity contribution in [3.63, 3.8) is 0 Å². The largest absolute Gasteiger partial charge is 0.481 e. The van der Waals surface area contributed by atoms with Gasteiger partial charge < -0.3 is 10.1 Å². The van der Waals surface area contributed by atoms with Crippen molar-refractivity contribution in [2.24, 2.45) is 5.92 Å². The Bertz CT molecular complexity index is 1050. The van der Waals surface area contributed by atoms with Gasteiger partial charge in [-0.1, -0.05) is 19.1 Å². The maximum Gasteiger partial charge on any atom is 0.253 e. The van der Waals surface area contributed by atoms with Crippen molar-refractivity contribution in [1.82, 2.24) is 15.3 Å². The van der Waals surface area contributed by atoms with Crippen LogP contribution in [0.4, 0.5) is 4.39 Å². The fraction of sp³-hybridized carbons (Fsp3) is 0.400. The number of aromatic nitrogens is 2. The van der Waals surface area contributed by atoms with Gasteiger partial charge in [-0.2, -0.15) is 0 Å². The van der Waals surface area contributed by atoms with Gasteiger partial charge in [0.05, 0.1) is 12.7 Å². The molecular weight excluding hydrogens is 393 g/mol. The third-order valence-electron chi connectivity index (χ3n) is 6.50. The molecule has 1 saturated carbocycles. The molecule has 4 rings (SSSR count). The lowest BCUT2D eigenvalue weighted by molar-refractivity contribution is 0.0909. The Balaban J connectivity index is 1.41. The molecule has 2 aromatic heterocycles. The number of hydrogen-bond acceptors (Lipinski definition) is 4. The Kier molecular flexibility index (Phi) is 6.44. The van der Waals surface area contributed by atoms with Gasteiger partial charge in [0.25, 0.3) is 5.91 Å². The average molecular weight is 422 g/mol. The number of nitrogens with one attached hydrogen (secondary N) is 1. The minimum Gasteiger partial charge on any atom is -0.481 e. The molecule has 0 bridgehead atoms. The first-order valence-corrected chi connectivity index (χ1v) is 10.9. The summed E-state index contributed by atoms with van der Waals surface area (Å²) in [7, 11) is 1.55. The average Bonchev–Trinajstić information content (AvgIpc) is 2.82. The number of para-hydroxylation sites is 1. The molecule has 31 heavy (non-hydrogen) atoms. The third kappa shape index (κ3) is 4.53. The van der Waals surface area contributed by atoms with Crippen molar-refractivity contribution in [2.45, 2.75) is 51.0 Å². The highest BCUT2D eigenvalue weighted by molar-refractivity contribution is 5.94. The topological polar surface area (TPSA) is 64.1 Å². The smallest absolute Gasteiger partial charge is 0.253 e. The van der Waals surface area contributed by atoms with Crippen LogP contribution in [0.2, 0.25) is 0 Å². The van der Waals surface area contributed by atoms with Gasteiger partial charge in [0.15, 0.2) is 0 Å². The van der Waals surface area contributed by atoms with Gasteiger partial charge in [-0.05, 0) is 67.7 Å². The fourth-order valence-corrected chi connectivity index (χ4v) is 4.79. The highest BCUT2D eigenvalue weighted by atomic mass is 19.1. The van der Waals surface area contributed by atoms with E-state index in [9.17, 15) is 9.18 Å². The van der Waals surface area contributed by atoms with Crippen LogP contribution >= 0.6 is 0 Å². The lowest BCUT2D eigenvalue weighted by Crippen LogP contribution is -2.41. The number of halogens is 1. The van der Waals surface area contributed by atoms with E-state index in [0.717, 1.165) is 37.5 Å². The Morgan fingerprint density at radius 3 is 2.65 bits per heavy atom. The molecule has 0 aliphatic heterocycles. The second-order valence-corrected chi connectivity index (χ2v) is 8.23. The fourth-order valence-electron chi connectivity index (χ4n) is 4.79. The van der Waals surface area contributed by atoms with Crippen LogP contribution in [-0.4, -0.2) is 29.0 Å². The van der Waals surface area contributed by atoms with Crippen LogP contribution in [0.5, 0.6) is 5.88 Å². The zero-order chi connectivity index (χ0) is 21.8. The minimum absolute atomic E-state index is 0.0975. The molecule has 1 N–H and O–H groups in total. The molecular formula is C25H28FN3O2. The van der Waals surface area contributed by atoms with Gasteiger partial charge in [0.1, 0.15) is 11.3 Å². The van der Waals surface area contributed by atoms with E-state index in [-0.39, 0.29) is 17.8 Å². The Hall–Kier alpha value is -3.02. The van der Waals surface area contributed by atoms with Crippen molar-refractivity contribution in [3.8, 4) is 5.88 Å². The Morgan fingerprint density at radius 2 is 1.97 bits per heavy atom. The highest BCUT2D eigenvalue weighted by Crippen LogP contribution is 2.40. The minimum atomic E-state index is -0.269. The number of fused-ring (bicyclic) bond motifs is 1. The van der Waals surface area contributed by atoms with Crippen molar-refractivity contribution < 1.29 is 13.9 Å². The summed E-state index contributed by atoms with van der Waals surface area (Å²) in [6.07, 6.45) is 8.25. The number of methoxy groups -OCH3 is 1.